The lowest BCUT2D eigenvalue weighted by Gasteiger charge is -2.07. The third kappa shape index (κ3) is 2.36. The summed E-state index contributed by atoms with van der Waals surface area (Å²) in [5, 5.41) is 2.02. The number of rotatable bonds is 2. The van der Waals surface area contributed by atoms with Crippen LogP contribution in [0.1, 0.15) is 13.8 Å². The van der Waals surface area contributed by atoms with Gasteiger partial charge < -0.3 is 4.74 Å². The van der Waals surface area contributed by atoms with Gasteiger partial charge in [-0.1, -0.05) is 42.5 Å². The van der Waals surface area contributed by atoms with Gasteiger partial charge in [-0.2, -0.15) is 0 Å². The van der Waals surface area contributed by atoms with Gasteiger partial charge in [-0.15, -0.1) is 0 Å². The molecule has 2 heteroatoms. The Morgan fingerprint density at radius 3 is 2.59 bits per heavy atom. The Morgan fingerprint density at radius 1 is 1.12 bits per heavy atom. The molecule has 0 aliphatic rings. The van der Waals surface area contributed by atoms with Gasteiger partial charge in [0.1, 0.15) is 5.75 Å². The maximum atomic E-state index is 11.7. The molecule has 0 atom stereocenters. The molecule has 0 fully saturated rings. The number of esters is 1. The van der Waals surface area contributed by atoms with Gasteiger partial charge in [0.05, 0.1) is 0 Å². The van der Waals surface area contributed by atoms with Gasteiger partial charge >= 0.3 is 5.97 Å². The highest BCUT2D eigenvalue weighted by molar-refractivity contribution is 5.94. The molecule has 0 aliphatic carbocycles. The van der Waals surface area contributed by atoms with Crippen LogP contribution >= 0.6 is 0 Å². The van der Waals surface area contributed by atoms with Gasteiger partial charge in [0.25, 0.3) is 0 Å². The molecule has 0 amide bonds. The van der Waals surface area contributed by atoms with Crippen LogP contribution in [-0.4, -0.2) is 5.97 Å². The number of benzene rings is 2. The molecule has 17 heavy (non-hydrogen) atoms. The number of carbonyl (C=O) groups is 1. The van der Waals surface area contributed by atoms with Gasteiger partial charge in [0, 0.05) is 11.0 Å². The first-order chi connectivity index (χ1) is 8.22. The molecule has 86 valence electrons. The Kier molecular flexibility index (Phi) is 3.24. The molecular formula is C15H14O2. The molecule has 0 aromatic heterocycles. The van der Waals surface area contributed by atoms with Crippen LogP contribution in [-0.2, 0) is 4.79 Å². The number of fused-ring (bicyclic) bond motifs is 1. The summed E-state index contributed by atoms with van der Waals surface area (Å²) < 4.78 is 5.37. The molecule has 0 unspecified atom stereocenters. The van der Waals surface area contributed by atoms with E-state index in [1.807, 2.05) is 49.4 Å². The van der Waals surface area contributed by atoms with Crippen LogP contribution in [0.4, 0.5) is 0 Å². The van der Waals surface area contributed by atoms with E-state index >= 15 is 0 Å². The van der Waals surface area contributed by atoms with E-state index in [-0.39, 0.29) is 5.97 Å². The van der Waals surface area contributed by atoms with Crippen molar-refractivity contribution >= 4 is 16.7 Å². The first-order valence-corrected chi connectivity index (χ1v) is 5.55. The first kappa shape index (κ1) is 11.4. The third-order valence-electron chi connectivity index (χ3n) is 2.71. The van der Waals surface area contributed by atoms with Crippen molar-refractivity contribution in [3.8, 4) is 5.75 Å². The third-order valence-corrected chi connectivity index (χ3v) is 2.71. The monoisotopic (exact) mass is 226 g/mol. The number of ether oxygens (including phenoxy) is 1. The standard InChI is InChI=1S/C15H14O2/c1-3-11(2)15(16)17-14-10-6-8-12-7-4-5-9-13(12)14/h3-10H,1-2H3. The number of hydrogen-bond donors (Lipinski definition) is 0. The van der Waals surface area contributed by atoms with Crippen LogP contribution in [0.3, 0.4) is 0 Å². The summed E-state index contributed by atoms with van der Waals surface area (Å²) in [6.07, 6.45) is 1.74. The molecule has 0 heterocycles. The minimum atomic E-state index is -0.302. The van der Waals surface area contributed by atoms with Crippen molar-refractivity contribution in [2.45, 2.75) is 13.8 Å². The van der Waals surface area contributed by atoms with Crippen molar-refractivity contribution in [3.05, 3.63) is 54.1 Å². The largest absolute Gasteiger partial charge is 0.423 e. The smallest absolute Gasteiger partial charge is 0.338 e. The zero-order chi connectivity index (χ0) is 12.3. The lowest BCUT2D eigenvalue weighted by Crippen LogP contribution is -2.09. The summed E-state index contributed by atoms with van der Waals surface area (Å²) in [6, 6.07) is 13.5. The Labute approximate surface area is 101 Å². The maximum Gasteiger partial charge on any atom is 0.338 e. The van der Waals surface area contributed by atoms with Gasteiger partial charge in [0.2, 0.25) is 0 Å². The average Bonchev–Trinajstić information content (AvgIpc) is 2.38. The Morgan fingerprint density at radius 2 is 1.82 bits per heavy atom. The van der Waals surface area contributed by atoms with Crippen molar-refractivity contribution < 1.29 is 9.53 Å². The first-order valence-electron chi connectivity index (χ1n) is 5.55. The minimum absolute atomic E-state index is 0.302. The fourth-order valence-electron chi connectivity index (χ4n) is 1.58. The predicted molar refractivity (Wildman–Crippen MR) is 69.0 cm³/mol. The van der Waals surface area contributed by atoms with Crippen molar-refractivity contribution in [2.24, 2.45) is 0 Å². The molecule has 2 rings (SSSR count). The van der Waals surface area contributed by atoms with E-state index in [1.165, 1.54) is 0 Å². The molecule has 0 spiro atoms. The summed E-state index contributed by atoms with van der Waals surface area (Å²) in [7, 11) is 0. The van der Waals surface area contributed by atoms with Crippen LogP contribution < -0.4 is 4.74 Å². The van der Waals surface area contributed by atoms with Crippen molar-refractivity contribution in [3.63, 3.8) is 0 Å². The van der Waals surface area contributed by atoms with Crippen LogP contribution in [0.15, 0.2) is 54.1 Å². The quantitative estimate of drug-likeness (QED) is 0.443. The van der Waals surface area contributed by atoms with Crippen LogP contribution in [0.2, 0.25) is 0 Å². The predicted octanol–water partition coefficient (Wildman–Crippen LogP) is 3.71. The zero-order valence-corrected chi connectivity index (χ0v) is 9.94. The van der Waals surface area contributed by atoms with E-state index in [4.69, 9.17) is 4.74 Å². The lowest BCUT2D eigenvalue weighted by molar-refractivity contribution is -0.130. The van der Waals surface area contributed by atoms with Gasteiger partial charge in [-0.25, -0.2) is 4.79 Å². The minimum Gasteiger partial charge on any atom is -0.423 e. The molecule has 0 bridgehead atoms. The average molecular weight is 226 g/mol. The highest BCUT2D eigenvalue weighted by atomic mass is 16.5. The maximum absolute atomic E-state index is 11.7. The Hall–Kier alpha value is -2.09. The number of carbonyl (C=O) groups excluding carboxylic acids is 1. The van der Waals surface area contributed by atoms with E-state index in [9.17, 15) is 4.79 Å². The second-order valence-electron chi connectivity index (χ2n) is 3.84. The van der Waals surface area contributed by atoms with E-state index in [0.717, 1.165) is 10.8 Å². The molecule has 2 aromatic carbocycles. The van der Waals surface area contributed by atoms with Crippen molar-refractivity contribution in [2.75, 3.05) is 0 Å². The molecule has 0 saturated heterocycles. The molecule has 2 aromatic rings. The SMILES string of the molecule is CC=C(C)C(=O)Oc1cccc2ccccc12. The highest BCUT2D eigenvalue weighted by Crippen LogP contribution is 2.25. The van der Waals surface area contributed by atoms with Gasteiger partial charge in [-0.05, 0) is 25.3 Å². The highest BCUT2D eigenvalue weighted by Gasteiger charge is 2.08. The summed E-state index contributed by atoms with van der Waals surface area (Å²) in [6.45, 7) is 3.56. The summed E-state index contributed by atoms with van der Waals surface area (Å²) in [4.78, 5) is 11.7. The second kappa shape index (κ2) is 4.83. The van der Waals surface area contributed by atoms with Gasteiger partial charge in [-0.3, -0.25) is 0 Å². The van der Waals surface area contributed by atoms with E-state index in [1.54, 1.807) is 13.0 Å². The Bertz CT molecular complexity index is 577. The summed E-state index contributed by atoms with van der Waals surface area (Å²) in [5.74, 6) is 0.304. The Balaban J connectivity index is 2.40. The molecule has 0 aliphatic heterocycles. The summed E-state index contributed by atoms with van der Waals surface area (Å²) >= 11 is 0. The second-order valence-corrected chi connectivity index (χ2v) is 3.84. The fourth-order valence-corrected chi connectivity index (χ4v) is 1.58. The molecule has 0 N–H and O–H groups in total. The van der Waals surface area contributed by atoms with Crippen LogP contribution in [0, 0.1) is 0 Å². The number of hydrogen-bond acceptors (Lipinski definition) is 2. The van der Waals surface area contributed by atoms with Crippen molar-refractivity contribution in [1.82, 2.24) is 0 Å². The number of allylic oxidation sites excluding steroid dienone is 1. The summed E-state index contributed by atoms with van der Waals surface area (Å²) in [5.41, 5.74) is 0.609. The zero-order valence-electron chi connectivity index (χ0n) is 9.94. The van der Waals surface area contributed by atoms with E-state index < -0.39 is 0 Å². The fraction of sp³-hybridized carbons (Fsp3) is 0.133. The van der Waals surface area contributed by atoms with Crippen LogP contribution in [0.25, 0.3) is 10.8 Å². The van der Waals surface area contributed by atoms with Gasteiger partial charge in [0.15, 0.2) is 0 Å². The lowest BCUT2D eigenvalue weighted by atomic mass is 10.1. The van der Waals surface area contributed by atoms with Crippen LogP contribution in [0.5, 0.6) is 5.75 Å². The topological polar surface area (TPSA) is 26.3 Å². The molecule has 2 nitrogen and oxygen atoms in total. The normalized spacial score (nSPS) is 11.5. The molecule has 0 saturated carbocycles. The van der Waals surface area contributed by atoms with E-state index in [2.05, 4.69) is 0 Å². The molecular weight excluding hydrogens is 212 g/mol. The van der Waals surface area contributed by atoms with E-state index in [0.29, 0.717) is 11.3 Å². The van der Waals surface area contributed by atoms with Crippen molar-refractivity contribution in [1.29, 1.82) is 0 Å². The molecule has 0 radical (unpaired) electrons.